The van der Waals surface area contributed by atoms with Crippen molar-refractivity contribution in [2.75, 3.05) is 6.54 Å². The topological polar surface area (TPSA) is 94.1 Å². The van der Waals surface area contributed by atoms with Gasteiger partial charge in [0.2, 0.25) is 0 Å². The minimum atomic E-state index is -0.236. The fraction of sp³-hybridized carbons (Fsp3) is 0.222. The summed E-state index contributed by atoms with van der Waals surface area (Å²) in [7, 11) is 0. The quantitative estimate of drug-likeness (QED) is 0.517. The highest BCUT2D eigenvalue weighted by molar-refractivity contribution is 6.30. The molecule has 0 radical (unpaired) electrons. The average molecular weight is 395 g/mol. The van der Waals surface area contributed by atoms with Crippen LogP contribution < -0.4 is 0 Å². The molecule has 0 aliphatic carbocycles. The number of rotatable bonds is 2. The van der Waals surface area contributed by atoms with Gasteiger partial charge in [0.05, 0.1) is 17.3 Å². The molecule has 1 aliphatic heterocycles. The van der Waals surface area contributed by atoms with E-state index >= 15 is 0 Å². The largest absolute Gasteiger partial charge is 0.325 e. The highest BCUT2D eigenvalue weighted by atomic mass is 35.5. The van der Waals surface area contributed by atoms with E-state index in [-0.39, 0.29) is 11.9 Å². The third-order valence-electron chi connectivity index (χ3n) is 4.87. The third-order valence-corrected chi connectivity index (χ3v) is 5.06. The molecule has 0 aromatic carbocycles. The molecule has 140 valence electrons. The zero-order valence-electron chi connectivity index (χ0n) is 14.9. The molecule has 10 heteroatoms. The van der Waals surface area contributed by atoms with E-state index in [0.29, 0.717) is 29.5 Å². The summed E-state index contributed by atoms with van der Waals surface area (Å²) in [6.45, 7) is 3.07. The van der Waals surface area contributed by atoms with Gasteiger partial charge < -0.3 is 9.47 Å². The third kappa shape index (κ3) is 2.63. The van der Waals surface area contributed by atoms with Crippen molar-refractivity contribution in [3.63, 3.8) is 0 Å². The Kier molecular flexibility index (Phi) is 3.83. The van der Waals surface area contributed by atoms with Gasteiger partial charge >= 0.3 is 0 Å². The fourth-order valence-electron chi connectivity index (χ4n) is 3.48. The molecule has 28 heavy (non-hydrogen) atoms. The monoisotopic (exact) mass is 394 g/mol. The van der Waals surface area contributed by atoms with Crippen molar-refractivity contribution in [1.82, 2.24) is 39.2 Å². The van der Waals surface area contributed by atoms with Crippen molar-refractivity contribution in [2.24, 2.45) is 0 Å². The molecule has 5 heterocycles. The number of halogens is 1. The normalized spacial score (nSPS) is 16.4. The maximum absolute atomic E-state index is 13.1. The maximum atomic E-state index is 13.1. The Balaban J connectivity index is 1.46. The standard InChI is InChI=1S/C18H15ClN8O/c1-11-16-22-23-17(12-3-2-4-20-8-12)26(16)6-5-25(11)18(28)14-7-15-21-9-13(19)10-27(15)24-14/h2-4,7-11H,5-6H2,1H3. The maximum Gasteiger partial charge on any atom is 0.275 e. The highest BCUT2D eigenvalue weighted by Crippen LogP contribution is 2.29. The lowest BCUT2D eigenvalue weighted by Crippen LogP contribution is -2.41. The molecular formula is C18H15ClN8O. The Hall–Kier alpha value is -3.33. The van der Waals surface area contributed by atoms with Crippen LogP contribution in [0.3, 0.4) is 0 Å². The second-order valence-corrected chi connectivity index (χ2v) is 6.99. The summed E-state index contributed by atoms with van der Waals surface area (Å²) < 4.78 is 3.55. The second-order valence-electron chi connectivity index (χ2n) is 6.55. The van der Waals surface area contributed by atoms with Crippen LogP contribution in [-0.4, -0.2) is 51.7 Å². The Morgan fingerprint density at radius 3 is 2.96 bits per heavy atom. The zero-order valence-corrected chi connectivity index (χ0v) is 15.7. The molecule has 5 rings (SSSR count). The second kappa shape index (κ2) is 6.38. The number of hydrogen-bond donors (Lipinski definition) is 0. The van der Waals surface area contributed by atoms with Gasteiger partial charge in [0, 0.05) is 43.3 Å². The minimum absolute atomic E-state index is 0.175. The first-order valence-corrected chi connectivity index (χ1v) is 9.15. The predicted molar refractivity (Wildman–Crippen MR) is 101 cm³/mol. The molecule has 1 atom stereocenters. The molecular weight excluding hydrogens is 380 g/mol. The number of carbonyl (C=O) groups is 1. The Bertz CT molecular complexity index is 1180. The number of hydrogen-bond acceptors (Lipinski definition) is 6. The first-order valence-electron chi connectivity index (χ1n) is 8.77. The van der Waals surface area contributed by atoms with Crippen molar-refractivity contribution >= 4 is 23.2 Å². The molecule has 4 aromatic rings. The van der Waals surface area contributed by atoms with E-state index in [1.165, 1.54) is 10.7 Å². The van der Waals surface area contributed by atoms with E-state index < -0.39 is 0 Å². The van der Waals surface area contributed by atoms with Gasteiger partial charge in [-0.2, -0.15) is 5.10 Å². The first-order chi connectivity index (χ1) is 13.6. The number of pyridine rings is 1. The lowest BCUT2D eigenvalue weighted by molar-refractivity contribution is 0.0632. The van der Waals surface area contributed by atoms with Crippen molar-refractivity contribution in [2.45, 2.75) is 19.5 Å². The van der Waals surface area contributed by atoms with E-state index in [9.17, 15) is 4.79 Å². The van der Waals surface area contributed by atoms with E-state index in [0.717, 1.165) is 17.2 Å². The molecule has 1 unspecified atom stereocenters. The van der Waals surface area contributed by atoms with Gasteiger partial charge in [-0.1, -0.05) is 11.6 Å². The van der Waals surface area contributed by atoms with Crippen LogP contribution in [0.2, 0.25) is 5.02 Å². The molecule has 0 saturated carbocycles. The molecule has 0 saturated heterocycles. The summed E-state index contributed by atoms with van der Waals surface area (Å²) >= 11 is 5.95. The van der Waals surface area contributed by atoms with Gasteiger partial charge in [0.15, 0.2) is 23.0 Å². The average Bonchev–Trinajstić information content (AvgIpc) is 3.32. The number of aromatic nitrogens is 7. The van der Waals surface area contributed by atoms with E-state index in [1.54, 1.807) is 29.6 Å². The number of nitrogens with zero attached hydrogens (tertiary/aromatic N) is 8. The van der Waals surface area contributed by atoms with Gasteiger partial charge in [-0.05, 0) is 19.1 Å². The van der Waals surface area contributed by atoms with Crippen LogP contribution in [0.4, 0.5) is 0 Å². The van der Waals surface area contributed by atoms with Crippen molar-refractivity contribution in [3.8, 4) is 11.4 Å². The summed E-state index contributed by atoms with van der Waals surface area (Å²) in [5.74, 6) is 1.32. The van der Waals surface area contributed by atoms with Gasteiger partial charge in [-0.15, -0.1) is 10.2 Å². The summed E-state index contributed by atoms with van der Waals surface area (Å²) in [5, 5.41) is 13.4. The first kappa shape index (κ1) is 16.8. The SMILES string of the molecule is CC1c2nnc(-c3cccnc3)n2CCN1C(=O)c1cc2ncc(Cl)cn2n1. The minimum Gasteiger partial charge on any atom is -0.325 e. The molecule has 9 nitrogen and oxygen atoms in total. The van der Waals surface area contributed by atoms with Gasteiger partial charge in [0.1, 0.15) is 0 Å². The number of amides is 1. The van der Waals surface area contributed by atoms with Crippen LogP contribution >= 0.6 is 11.6 Å². The fourth-order valence-corrected chi connectivity index (χ4v) is 3.62. The number of carbonyl (C=O) groups excluding carboxylic acids is 1. The Morgan fingerprint density at radius 1 is 1.25 bits per heavy atom. The molecule has 4 aromatic heterocycles. The van der Waals surface area contributed by atoms with Gasteiger partial charge in [0.25, 0.3) is 5.91 Å². The van der Waals surface area contributed by atoms with Crippen LogP contribution in [0, 0.1) is 0 Å². The van der Waals surface area contributed by atoms with Crippen LogP contribution in [0.25, 0.3) is 17.0 Å². The van der Waals surface area contributed by atoms with E-state index in [2.05, 4.69) is 25.3 Å². The van der Waals surface area contributed by atoms with Crippen LogP contribution in [-0.2, 0) is 6.54 Å². The smallest absolute Gasteiger partial charge is 0.275 e. The van der Waals surface area contributed by atoms with Crippen LogP contribution in [0.15, 0.2) is 43.0 Å². The molecule has 1 amide bonds. The summed E-state index contributed by atoms with van der Waals surface area (Å²) in [4.78, 5) is 23.2. The van der Waals surface area contributed by atoms with E-state index in [1.807, 2.05) is 23.6 Å². The highest BCUT2D eigenvalue weighted by Gasteiger charge is 2.33. The summed E-state index contributed by atoms with van der Waals surface area (Å²) in [6, 6.07) is 5.23. The van der Waals surface area contributed by atoms with Crippen molar-refractivity contribution < 1.29 is 4.79 Å². The zero-order chi connectivity index (χ0) is 19.3. The van der Waals surface area contributed by atoms with Crippen molar-refractivity contribution in [3.05, 3.63) is 59.5 Å². The van der Waals surface area contributed by atoms with Crippen LogP contribution in [0.5, 0.6) is 0 Å². The lowest BCUT2D eigenvalue weighted by atomic mass is 10.1. The Morgan fingerprint density at radius 2 is 2.14 bits per heavy atom. The molecule has 0 bridgehead atoms. The number of fused-ring (bicyclic) bond motifs is 2. The van der Waals surface area contributed by atoms with E-state index in [4.69, 9.17) is 11.6 Å². The van der Waals surface area contributed by atoms with Crippen LogP contribution in [0.1, 0.15) is 29.3 Å². The van der Waals surface area contributed by atoms with Crippen molar-refractivity contribution in [1.29, 1.82) is 0 Å². The molecule has 0 spiro atoms. The summed E-state index contributed by atoms with van der Waals surface area (Å²) in [5.41, 5.74) is 1.79. The molecule has 0 N–H and O–H groups in total. The van der Waals surface area contributed by atoms with Gasteiger partial charge in [-0.3, -0.25) is 9.78 Å². The predicted octanol–water partition coefficient (Wildman–Crippen LogP) is 2.25. The van der Waals surface area contributed by atoms with Gasteiger partial charge in [-0.25, -0.2) is 9.50 Å². The molecule has 0 fully saturated rings. The summed E-state index contributed by atoms with van der Waals surface area (Å²) in [6.07, 6.45) is 6.63. The lowest BCUT2D eigenvalue weighted by Gasteiger charge is -2.33. The Labute approximate surface area is 164 Å². The molecule has 1 aliphatic rings.